The molecule has 0 unspecified atom stereocenters. The van der Waals surface area contributed by atoms with E-state index in [0.29, 0.717) is 24.6 Å². The first-order valence-corrected chi connectivity index (χ1v) is 8.19. The van der Waals surface area contributed by atoms with Gasteiger partial charge in [0.2, 0.25) is 0 Å². The molecule has 0 atom stereocenters. The second kappa shape index (κ2) is 8.91. The number of carbonyl (C=O) groups is 1. The molecule has 0 saturated heterocycles. The number of para-hydroxylation sites is 1. The second-order valence-electron chi connectivity index (χ2n) is 6.07. The van der Waals surface area contributed by atoms with Gasteiger partial charge in [-0.1, -0.05) is 32.0 Å². The second-order valence-corrected chi connectivity index (χ2v) is 6.07. The molecular weight excluding hydrogens is 302 g/mol. The van der Waals surface area contributed by atoms with Crippen LogP contribution in [-0.4, -0.2) is 24.5 Å². The summed E-state index contributed by atoms with van der Waals surface area (Å²) in [6.45, 7) is 5.55. The molecule has 0 aliphatic carbocycles. The summed E-state index contributed by atoms with van der Waals surface area (Å²) in [7, 11) is 1.66. The summed E-state index contributed by atoms with van der Waals surface area (Å²) in [6, 6.07) is 9.64. The number of aromatic nitrogens is 1. The van der Waals surface area contributed by atoms with Crippen molar-refractivity contribution in [2.75, 3.05) is 19.0 Å². The quantitative estimate of drug-likeness (QED) is 0.779. The highest BCUT2D eigenvalue weighted by Crippen LogP contribution is 2.19. The highest BCUT2D eigenvalue weighted by Gasteiger charge is 2.07. The van der Waals surface area contributed by atoms with Gasteiger partial charge in [-0.2, -0.15) is 0 Å². The maximum atomic E-state index is 12.2. The number of nitrogens with zero attached hydrogens (tertiary/aromatic N) is 1. The number of hydrogen-bond acceptors (Lipinski definition) is 4. The molecule has 1 amide bonds. The first kappa shape index (κ1) is 17.8. The maximum Gasteiger partial charge on any atom is 0.252 e. The smallest absolute Gasteiger partial charge is 0.252 e. The van der Waals surface area contributed by atoms with Gasteiger partial charge in [-0.15, -0.1) is 0 Å². The molecule has 2 aromatic rings. The van der Waals surface area contributed by atoms with Crippen molar-refractivity contribution >= 4 is 11.6 Å². The van der Waals surface area contributed by atoms with Gasteiger partial charge in [0.05, 0.1) is 18.4 Å². The summed E-state index contributed by atoms with van der Waals surface area (Å²) in [5.41, 5.74) is 2.41. The molecule has 1 aromatic heterocycles. The molecule has 1 heterocycles. The van der Waals surface area contributed by atoms with E-state index >= 15 is 0 Å². The highest BCUT2D eigenvalue weighted by molar-refractivity contribution is 5.94. The van der Waals surface area contributed by atoms with Gasteiger partial charge in [-0.05, 0) is 24.5 Å². The van der Waals surface area contributed by atoms with Crippen LogP contribution in [0.5, 0.6) is 5.75 Å². The predicted molar refractivity (Wildman–Crippen MR) is 96.3 cm³/mol. The van der Waals surface area contributed by atoms with Crippen LogP contribution >= 0.6 is 0 Å². The molecule has 0 spiro atoms. The fraction of sp³-hybridized carbons (Fsp3) is 0.368. The third-order valence-electron chi connectivity index (χ3n) is 3.68. The molecule has 5 heteroatoms. The number of anilines is 1. The van der Waals surface area contributed by atoms with Gasteiger partial charge in [-0.25, -0.2) is 0 Å². The fourth-order valence-electron chi connectivity index (χ4n) is 2.28. The third-order valence-corrected chi connectivity index (χ3v) is 3.68. The van der Waals surface area contributed by atoms with E-state index in [1.54, 1.807) is 19.5 Å². The summed E-state index contributed by atoms with van der Waals surface area (Å²) < 4.78 is 5.34. The molecule has 5 nitrogen and oxygen atoms in total. The number of rotatable bonds is 8. The molecule has 24 heavy (non-hydrogen) atoms. The summed E-state index contributed by atoms with van der Waals surface area (Å²) in [5, 5.41) is 6.21. The molecule has 0 fully saturated rings. The molecule has 1 aromatic carbocycles. The third kappa shape index (κ3) is 5.26. The molecule has 2 rings (SSSR count). The number of amides is 1. The Morgan fingerprint density at radius 1 is 1.25 bits per heavy atom. The van der Waals surface area contributed by atoms with Crippen molar-refractivity contribution < 1.29 is 9.53 Å². The van der Waals surface area contributed by atoms with Crippen LogP contribution in [0, 0.1) is 5.92 Å². The van der Waals surface area contributed by atoms with Gasteiger partial charge in [0.1, 0.15) is 5.75 Å². The number of hydrogen-bond donors (Lipinski definition) is 2. The van der Waals surface area contributed by atoms with Gasteiger partial charge in [0.15, 0.2) is 0 Å². The SMILES string of the molecule is COc1ccccc1CNc1cncc(C(=O)NCCC(C)C)c1. The monoisotopic (exact) mass is 327 g/mol. The van der Waals surface area contributed by atoms with E-state index in [1.165, 1.54) is 0 Å². The topological polar surface area (TPSA) is 63.2 Å². The van der Waals surface area contributed by atoms with E-state index in [-0.39, 0.29) is 5.91 Å². The summed E-state index contributed by atoms with van der Waals surface area (Å²) >= 11 is 0. The molecule has 0 radical (unpaired) electrons. The van der Waals surface area contributed by atoms with Crippen molar-refractivity contribution in [1.82, 2.24) is 10.3 Å². The minimum absolute atomic E-state index is 0.0934. The summed E-state index contributed by atoms with van der Waals surface area (Å²) in [6.07, 6.45) is 4.25. The van der Waals surface area contributed by atoms with Gasteiger partial charge in [0, 0.05) is 31.0 Å². The van der Waals surface area contributed by atoms with E-state index < -0.39 is 0 Å². The van der Waals surface area contributed by atoms with Gasteiger partial charge >= 0.3 is 0 Å². The lowest BCUT2D eigenvalue weighted by Crippen LogP contribution is -2.25. The Labute approximate surface area is 143 Å². The number of ether oxygens (including phenoxy) is 1. The van der Waals surface area contributed by atoms with Crippen molar-refractivity contribution in [1.29, 1.82) is 0 Å². The lowest BCUT2D eigenvalue weighted by atomic mass is 10.1. The lowest BCUT2D eigenvalue weighted by molar-refractivity contribution is 0.0951. The Hall–Kier alpha value is -2.56. The first-order valence-electron chi connectivity index (χ1n) is 8.19. The molecule has 0 aliphatic heterocycles. The normalized spacial score (nSPS) is 10.5. The van der Waals surface area contributed by atoms with Crippen molar-refractivity contribution in [3.05, 3.63) is 53.9 Å². The number of nitrogens with one attached hydrogen (secondary N) is 2. The van der Waals surface area contributed by atoms with Crippen LogP contribution in [0.3, 0.4) is 0 Å². The zero-order valence-corrected chi connectivity index (χ0v) is 14.5. The molecule has 0 saturated carbocycles. The zero-order chi connectivity index (χ0) is 17.4. The number of methoxy groups -OCH3 is 1. The van der Waals surface area contributed by atoms with E-state index in [9.17, 15) is 4.79 Å². The molecular formula is C19H25N3O2. The number of benzene rings is 1. The highest BCUT2D eigenvalue weighted by atomic mass is 16.5. The average Bonchev–Trinajstić information content (AvgIpc) is 2.60. The van der Waals surface area contributed by atoms with Crippen molar-refractivity contribution in [2.24, 2.45) is 5.92 Å². The van der Waals surface area contributed by atoms with Crippen molar-refractivity contribution in [3.8, 4) is 5.75 Å². The minimum Gasteiger partial charge on any atom is -0.496 e. The van der Waals surface area contributed by atoms with Crippen LogP contribution in [0.1, 0.15) is 36.2 Å². The van der Waals surface area contributed by atoms with Crippen LogP contribution in [0.2, 0.25) is 0 Å². The Morgan fingerprint density at radius 3 is 2.79 bits per heavy atom. The van der Waals surface area contributed by atoms with E-state index in [0.717, 1.165) is 23.4 Å². The number of pyridine rings is 1. The zero-order valence-electron chi connectivity index (χ0n) is 14.5. The predicted octanol–water partition coefficient (Wildman–Crippen LogP) is 3.48. The maximum absolute atomic E-state index is 12.2. The van der Waals surface area contributed by atoms with Crippen LogP contribution < -0.4 is 15.4 Å². The largest absolute Gasteiger partial charge is 0.496 e. The Kier molecular flexibility index (Phi) is 6.61. The standard InChI is InChI=1S/C19H25N3O2/c1-14(2)8-9-21-19(23)16-10-17(13-20-11-16)22-12-15-6-4-5-7-18(15)24-3/h4-7,10-11,13-14,22H,8-9,12H2,1-3H3,(H,21,23). The summed E-state index contributed by atoms with van der Waals surface area (Å²) in [5.74, 6) is 1.31. The Balaban J connectivity index is 1.96. The van der Waals surface area contributed by atoms with Crippen LogP contribution in [0.15, 0.2) is 42.7 Å². The van der Waals surface area contributed by atoms with Gasteiger partial charge in [-0.3, -0.25) is 9.78 Å². The fourth-order valence-corrected chi connectivity index (χ4v) is 2.28. The Morgan fingerprint density at radius 2 is 2.04 bits per heavy atom. The van der Waals surface area contributed by atoms with Crippen LogP contribution in [0.4, 0.5) is 5.69 Å². The molecule has 0 bridgehead atoms. The van der Waals surface area contributed by atoms with Crippen LogP contribution in [-0.2, 0) is 6.54 Å². The lowest BCUT2D eigenvalue weighted by Gasteiger charge is -2.11. The first-order chi connectivity index (χ1) is 11.6. The minimum atomic E-state index is -0.0934. The Bertz CT molecular complexity index is 671. The molecule has 128 valence electrons. The number of carbonyl (C=O) groups excluding carboxylic acids is 1. The molecule has 0 aliphatic rings. The van der Waals surface area contributed by atoms with Crippen LogP contribution in [0.25, 0.3) is 0 Å². The van der Waals surface area contributed by atoms with E-state index in [2.05, 4.69) is 29.5 Å². The van der Waals surface area contributed by atoms with E-state index in [4.69, 9.17) is 4.74 Å². The average molecular weight is 327 g/mol. The summed E-state index contributed by atoms with van der Waals surface area (Å²) in [4.78, 5) is 16.3. The van der Waals surface area contributed by atoms with Crippen molar-refractivity contribution in [2.45, 2.75) is 26.8 Å². The van der Waals surface area contributed by atoms with Gasteiger partial charge < -0.3 is 15.4 Å². The van der Waals surface area contributed by atoms with Crippen molar-refractivity contribution in [3.63, 3.8) is 0 Å². The van der Waals surface area contributed by atoms with E-state index in [1.807, 2.05) is 30.3 Å². The molecule has 2 N–H and O–H groups in total. The van der Waals surface area contributed by atoms with Gasteiger partial charge in [0.25, 0.3) is 5.91 Å².